The first-order chi connectivity index (χ1) is 9.65. The van der Waals surface area contributed by atoms with Crippen LogP contribution in [-0.4, -0.2) is 42.9 Å². The lowest BCUT2D eigenvalue weighted by Gasteiger charge is -2.31. The highest BCUT2D eigenvalue weighted by molar-refractivity contribution is 7.99. The highest BCUT2D eigenvalue weighted by Gasteiger charge is 2.25. The van der Waals surface area contributed by atoms with Gasteiger partial charge in [0.15, 0.2) is 0 Å². The lowest BCUT2D eigenvalue weighted by atomic mass is 10.1. The summed E-state index contributed by atoms with van der Waals surface area (Å²) < 4.78 is 5.34. The van der Waals surface area contributed by atoms with Crippen LogP contribution in [0, 0.1) is 0 Å². The summed E-state index contributed by atoms with van der Waals surface area (Å²) in [5.74, 6) is 1.02. The van der Waals surface area contributed by atoms with Crippen molar-refractivity contribution in [2.24, 2.45) is 0 Å². The Morgan fingerprint density at radius 3 is 2.75 bits per heavy atom. The van der Waals surface area contributed by atoms with Crippen molar-refractivity contribution in [2.75, 3.05) is 26.0 Å². The number of hydrogen-bond acceptors (Lipinski definition) is 3. The van der Waals surface area contributed by atoms with E-state index in [1.807, 2.05) is 17.0 Å². The number of hydrogen-bond donors (Lipinski definition) is 0. The highest BCUT2D eigenvalue weighted by Crippen LogP contribution is 2.27. The lowest BCUT2D eigenvalue weighted by Crippen LogP contribution is -2.40. The van der Waals surface area contributed by atoms with Gasteiger partial charge in [-0.3, -0.25) is 4.79 Å². The maximum atomic E-state index is 12.7. The van der Waals surface area contributed by atoms with Gasteiger partial charge in [0.25, 0.3) is 5.91 Å². The third-order valence-corrected chi connectivity index (χ3v) is 4.73. The van der Waals surface area contributed by atoms with Crippen LogP contribution < -0.4 is 0 Å². The second kappa shape index (κ2) is 7.34. The van der Waals surface area contributed by atoms with E-state index in [1.54, 1.807) is 24.9 Å². The molecule has 0 atom stereocenters. The summed E-state index contributed by atoms with van der Waals surface area (Å²) in [7, 11) is 1.73. The number of benzene rings is 1. The van der Waals surface area contributed by atoms with Gasteiger partial charge in [-0.15, -0.1) is 11.8 Å². The molecule has 2 rings (SSSR count). The number of carbonyl (C=O) groups is 1. The van der Waals surface area contributed by atoms with Gasteiger partial charge in [-0.05, 0) is 36.8 Å². The van der Waals surface area contributed by atoms with Gasteiger partial charge in [0.05, 0.1) is 11.7 Å². The van der Waals surface area contributed by atoms with Crippen molar-refractivity contribution in [3.8, 4) is 0 Å². The number of nitrogens with zero attached hydrogens (tertiary/aromatic N) is 1. The monoisotopic (exact) mass is 313 g/mol. The summed E-state index contributed by atoms with van der Waals surface area (Å²) in [6.45, 7) is 3.58. The molecule has 20 heavy (non-hydrogen) atoms. The molecule has 1 saturated heterocycles. The van der Waals surface area contributed by atoms with Crippen molar-refractivity contribution in [2.45, 2.75) is 30.8 Å². The van der Waals surface area contributed by atoms with Gasteiger partial charge in [-0.25, -0.2) is 0 Å². The molecule has 0 unspecified atom stereocenters. The summed E-state index contributed by atoms with van der Waals surface area (Å²) in [6, 6.07) is 5.56. The van der Waals surface area contributed by atoms with Crippen LogP contribution in [0.4, 0.5) is 0 Å². The Balaban J connectivity index is 2.14. The van der Waals surface area contributed by atoms with Crippen molar-refractivity contribution in [3.05, 3.63) is 28.8 Å². The maximum Gasteiger partial charge on any atom is 0.255 e. The van der Waals surface area contributed by atoms with Crippen molar-refractivity contribution in [3.63, 3.8) is 0 Å². The third-order valence-electron chi connectivity index (χ3n) is 3.53. The van der Waals surface area contributed by atoms with Crippen molar-refractivity contribution >= 4 is 29.3 Å². The van der Waals surface area contributed by atoms with Gasteiger partial charge in [0, 0.05) is 30.1 Å². The first kappa shape index (κ1) is 15.7. The Hall–Kier alpha value is -0.710. The SMILES string of the molecule is CCSc1ccc(Cl)cc1C(=O)N1CCC(OC)CC1. The lowest BCUT2D eigenvalue weighted by molar-refractivity contribution is 0.0349. The van der Waals surface area contributed by atoms with Crippen LogP contribution in [0.15, 0.2) is 23.1 Å². The fourth-order valence-corrected chi connectivity index (χ4v) is 3.36. The molecule has 1 aliphatic heterocycles. The second-order valence-corrected chi connectivity index (χ2v) is 6.54. The predicted octanol–water partition coefficient (Wildman–Crippen LogP) is 3.70. The molecule has 3 nitrogen and oxygen atoms in total. The topological polar surface area (TPSA) is 29.5 Å². The molecule has 0 radical (unpaired) electrons. The molecule has 1 aliphatic rings. The standard InChI is InChI=1S/C15H20ClNO2S/c1-3-20-14-5-4-11(16)10-13(14)15(18)17-8-6-12(19-2)7-9-17/h4-5,10,12H,3,6-9H2,1-2H3. The van der Waals surface area contributed by atoms with E-state index in [0.717, 1.165) is 42.1 Å². The molecule has 1 heterocycles. The molecule has 1 amide bonds. The van der Waals surface area contributed by atoms with Crippen molar-refractivity contribution < 1.29 is 9.53 Å². The van der Waals surface area contributed by atoms with Crippen LogP contribution in [0.1, 0.15) is 30.1 Å². The fraction of sp³-hybridized carbons (Fsp3) is 0.533. The first-order valence-electron chi connectivity index (χ1n) is 6.90. The number of likely N-dealkylation sites (tertiary alicyclic amines) is 1. The number of piperidine rings is 1. The maximum absolute atomic E-state index is 12.7. The van der Waals surface area contributed by atoms with Gasteiger partial charge >= 0.3 is 0 Å². The summed E-state index contributed by atoms with van der Waals surface area (Å²) in [4.78, 5) is 15.6. The van der Waals surface area contributed by atoms with Gasteiger partial charge < -0.3 is 9.64 Å². The Morgan fingerprint density at radius 1 is 1.45 bits per heavy atom. The third kappa shape index (κ3) is 3.68. The van der Waals surface area contributed by atoms with E-state index in [-0.39, 0.29) is 12.0 Å². The van der Waals surface area contributed by atoms with Crippen LogP contribution in [0.2, 0.25) is 5.02 Å². The summed E-state index contributed by atoms with van der Waals surface area (Å²) in [5.41, 5.74) is 0.722. The van der Waals surface area contributed by atoms with Crippen molar-refractivity contribution in [1.29, 1.82) is 0 Å². The second-order valence-electron chi connectivity index (χ2n) is 4.80. The van der Waals surface area contributed by atoms with Crippen LogP contribution in [-0.2, 0) is 4.74 Å². The van der Waals surface area contributed by atoms with E-state index >= 15 is 0 Å². The average molecular weight is 314 g/mol. The number of halogens is 1. The number of rotatable bonds is 4. The van der Waals surface area contributed by atoms with E-state index in [1.165, 1.54) is 0 Å². The highest BCUT2D eigenvalue weighted by atomic mass is 35.5. The number of carbonyl (C=O) groups excluding carboxylic acids is 1. The molecule has 5 heteroatoms. The molecule has 0 aliphatic carbocycles. The quantitative estimate of drug-likeness (QED) is 0.794. The summed E-state index contributed by atoms with van der Waals surface area (Å²) in [6.07, 6.45) is 2.08. The van der Waals surface area contributed by atoms with Crippen LogP contribution in [0.3, 0.4) is 0 Å². The average Bonchev–Trinajstić information content (AvgIpc) is 2.48. The number of ether oxygens (including phenoxy) is 1. The fourth-order valence-electron chi connectivity index (χ4n) is 2.42. The minimum absolute atomic E-state index is 0.0815. The van der Waals surface area contributed by atoms with Crippen LogP contribution in [0.5, 0.6) is 0 Å². The molecule has 110 valence electrons. The zero-order valence-corrected chi connectivity index (χ0v) is 13.5. The minimum Gasteiger partial charge on any atom is -0.381 e. The van der Waals surface area contributed by atoms with Crippen LogP contribution >= 0.6 is 23.4 Å². The molecule has 0 saturated carbocycles. The normalized spacial score (nSPS) is 16.4. The molecular weight excluding hydrogens is 294 g/mol. The zero-order chi connectivity index (χ0) is 14.5. The Kier molecular flexibility index (Phi) is 5.75. The van der Waals surface area contributed by atoms with Gasteiger partial charge in [0.1, 0.15) is 0 Å². The predicted molar refractivity (Wildman–Crippen MR) is 83.8 cm³/mol. The molecule has 0 spiro atoms. The Bertz CT molecular complexity index is 473. The van der Waals surface area contributed by atoms with E-state index in [9.17, 15) is 4.79 Å². The molecule has 1 aromatic carbocycles. The van der Waals surface area contributed by atoms with E-state index in [4.69, 9.17) is 16.3 Å². The van der Waals surface area contributed by atoms with E-state index in [0.29, 0.717) is 5.02 Å². The van der Waals surface area contributed by atoms with E-state index in [2.05, 4.69) is 6.92 Å². The van der Waals surface area contributed by atoms with Crippen LogP contribution in [0.25, 0.3) is 0 Å². The number of methoxy groups -OCH3 is 1. The summed E-state index contributed by atoms with van der Waals surface area (Å²) >= 11 is 7.72. The van der Waals surface area contributed by atoms with E-state index < -0.39 is 0 Å². The number of thioether (sulfide) groups is 1. The molecule has 1 aromatic rings. The minimum atomic E-state index is 0.0815. The number of amides is 1. The van der Waals surface area contributed by atoms with Gasteiger partial charge in [0.2, 0.25) is 0 Å². The molecule has 1 fully saturated rings. The molecular formula is C15H20ClNO2S. The molecule has 0 aromatic heterocycles. The first-order valence-corrected chi connectivity index (χ1v) is 8.26. The Morgan fingerprint density at radius 2 is 2.15 bits per heavy atom. The Labute approximate surface area is 129 Å². The largest absolute Gasteiger partial charge is 0.381 e. The molecule has 0 bridgehead atoms. The van der Waals surface area contributed by atoms with Crippen molar-refractivity contribution in [1.82, 2.24) is 4.90 Å². The van der Waals surface area contributed by atoms with Gasteiger partial charge in [-0.2, -0.15) is 0 Å². The van der Waals surface area contributed by atoms with Gasteiger partial charge in [-0.1, -0.05) is 18.5 Å². The molecule has 0 N–H and O–H groups in total. The zero-order valence-electron chi connectivity index (χ0n) is 11.9. The summed E-state index contributed by atoms with van der Waals surface area (Å²) in [5, 5.41) is 0.612. The smallest absolute Gasteiger partial charge is 0.255 e.